The molecule has 0 spiro atoms. The molecule has 0 amide bonds. The molecule has 0 saturated carbocycles. The first-order chi connectivity index (χ1) is 9.82. The molecular weight excluding hydrogens is 285 g/mol. The smallest absolute Gasteiger partial charge is 0.417 e. The van der Waals surface area contributed by atoms with Crippen molar-refractivity contribution < 1.29 is 22.7 Å². The van der Waals surface area contributed by atoms with Crippen molar-refractivity contribution in [3.63, 3.8) is 0 Å². The molecule has 0 radical (unpaired) electrons. The molecule has 0 aliphatic carbocycles. The summed E-state index contributed by atoms with van der Waals surface area (Å²) in [5, 5.41) is 0. The Kier molecular flexibility index (Phi) is 4.41. The Hall–Kier alpha value is -1.76. The number of esters is 1. The van der Waals surface area contributed by atoms with Crippen LogP contribution in [0.1, 0.15) is 15.9 Å². The van der Waals surface area contributed by atoms with Crippen LogP contribution < -0.4 is 4.90 Å². The number of likely N-dealkylation sites (N-methyl/N-ethyl adjacent to an activating group) is 1. The molecular formula is C14H17F3N2O2. The van der Waals surface area contributed by atoms with Gasteiger partial charge < -0.3 is 14.5 Å². The van der Waals surface area contributed by atoms with Crippen LogP contribution in [0, 0.1) is 0 Å². The number of benzene rings is 1. The minimum atomic E-state index is -4.58. The van der Waals surface area contributed by atoms with E-state index in [1.54, 1.807) is 0 Å². The van der Waals surface area contributed by atoms with Crippen molar-refractivity contribution in [1.82, 2.24) is 4.90 Å². The molecule has 0 bridgehead atoms. The second kappa shape index (κ2) is 5.93. The summed E-state index contributed by atoms with van der Waals surface area (Å²) in [4.78, 5) is 15.7. The molecule has 1 aliphatic heterocycles. The molecule has 4 nitrogen and oxygen atoms in total. The Morgan fingerprint density at radius 3 is 2.33 bits per heavy atom. The van der Waals surface area contributed by atoms with Gasteiger partial charge >= 0.3 is 12.1 Å². The lowest BCUT2D eigenvalue weighted by Crippen LogP contribution is -2.44. The lowest BCUT2D eigenvalue weighted by Gasteiger charge is -2.34. The van der Waals surface area contributed by atoms with Crippen LogP contribution in [0.5, 0.6) is 0 Å². The second-order valence-corrected chi connectivity index (χ2v) is 5.01. The lowest BCUT2D eigenvalue weighted by atomic mass is 10.1. The van der Waals surface area contributed by atoms with Gasteiger partial charge in [0.05, 0.1) is 18.2 Å². The van der Waals surface area contributed by atoms with Crippen LogP contribution in [0.3, 0.4) is 0 Å². The highest BCUT2D eigenvalue weighted by atomic mass is 19.4. The van der Waals surface area contributed by atoms with Gasteiger partial charge in [-0.3, -0.25) is 0 Å². The van der Waals surface area contributed by atoms with Gasteiger partial charge in [-0.2, -0.15) is 13.2 Å². The first-order valence-corrected chi connectivity index (χ1v) is 6.56. The van der Waals surface area contributed by atoms with E-state index in [0.717, 1.165) is 26.3 Å². The van der Waals surface area contributed by atoms with E-state index < -0.39 is 23.3 Å². The van der Waals surface area contributed by atoms with Crippen molar-refractivity contribution in [3.8, 4) is 0 Å². The number of carbonyl (C=O) groups excluding carboxylic acids is 1. The van der Waals surface area contributed by atoms with Crippen LogP contribution in [-0.2, 0) is 10.9 Å². The number of ether oxygens (including phenoxy) is 1. The van der Waals surface area contributed by atoms with E-state index in [0.29, 0.717) is 18.8 Å². The van der Waals surface area contributed by atoms with Crippen molar-refractivity contribution in [3.05, 3.63) is 29.3 Å². The molecule has 1 fully saturated rings. The number of piperazine rings is 1. The number of hydrogen-bond acceptors (Lipinski definition) is 4. The summed E-state index contributed by atoms with van der Waals surface area (Å²) in [5.41, 5.74) is -0.801. The first kappa shape index (κ1) is 15.6. The lowest BCUT2D eigenvalue weighted by molar-refractivity contribution is -0.138. The van der Waals surface area contributed by atoms with E-state index in [-0.39, 0.29) is 0 Å². The zero-order valence-electron chi connectivity index (χ0n) is 11.9. The van der Waals surface area contributed by atoms with E-state index in [4.69, 9.17) is 0 Å². The molecule has 116 valence electrons. The Morgan fingerprint density at radius 1 is 1.19 bits per heavy atom. The summed E-state index contributed by atoms with van der Waals surface area (Å²) in [5.74, 6) is -0.974. The molecule has 0 atom stereocenters. The summed E-state index contributed by atoms with van der Waals surface area (Å²) in [7, 11) is 3.06. The van der Waals surface area contributed by atoms with Gasteiger partial charge in [0.15, 0.2) is 0 Å². The van der Waals surface area contributed by atoms with Crippen molar-refractivity contribution in [2.75, 3.05) is 45.2 Å². The zero-order valence-corrected chi connectivity index (χ0v) is 11.9. The molecule has 1 heterocycles. The van der Waals surface area contributed by atoms with Gasteiger partial charge in [-0.25, -0.2) is 4.79 Å². The zero-order chi connectivity index (χ0) is 15.6. The highest BCUT2D eigenvalue weighted by Gasteiger charge is 2.36. The Balaban J connectivity index is 2.35. The molecule has 0 N–H and O–H groups in total. The van der Waals surface area contributed by atoms with E-state index in [1.807, 2.05) is 11.9 Å². The van der Waals surface area contributed by atoms with Crippen LogP contribution in [-0.4, -0.2) is 51.2 Å². The summed E-state index contributed by atoms with van der Waals surface area (Å²) in [6.07, 6.45) is -4.58. The fourth-order valence-electron chi connectivity index (χ4n) is 2.32. The molecule has 21 heavy (non-hydrogen) atoms. The summed E-state index contributed by atoms with van der Waals surface area (Å²) < 4.78 is 43.3. The Morgan fingerprint density at radius 2 is 1.81 bits per heavy atom. The topological polar surface area (TPSA) is 32.8 Å². The molecule has 2 rings (SSSR count). The first-order valence-electron chi connectivity index (χ1n) is 6.56. The van der Waals surface area contributed by atoms with Crippen molar-refractivity contribution in [1.29, 1.82) is 0 Å². The van der Waals surface area contributed by atoms with Crippen LogP contribution >= 0.6 is 0 Å². The minimum Gasteiger partial charge on any atom is -0.465 e. The maximum Gasteiger partial charge on any atom is 0.417 e. The standard InChI is InChI=1S/C14H17F3N2O2/c1-18-5-7-19(8-6-18)10-3-4-12(14(15,16)17)11(9-10)13(20)21-2/h3-4,9H,5-8H2,1-2H3. The average Bonchev–Trinajstić information content (AvgIpc) is 2.45. The normalized spacial score (nSPS) is 16.9. The van der Waals surface area contributed by atoms with Crippen molar-refractivity contribution in [2.45, 2.75) is 6.18 Å². The van der Waals surface area contributed by atoms with E-state index in [2.05, 4.69) is 9.64 Å². The number of carbonyl (C=O) groups is 1. The monoisotopic (exact) mass is 302 g/mol. The Bertz CT molecular complexity index is 523. The maximum absolute atomic E-state index is 12.9. The van der Waals surface area contributed by atoms with Crippen molar-refractivity contribution in [2.24, 2.45) is 0 Å². The number of nitrogens with zero attached hydrogens (tertiary/aromatic N) is 2. The SMILES string of the molecule is COC(=O)c1cc(N2CCN(C)CC2)ccc1C(F)(F)F. The highest BCUT2D eigenvalue weighted by molar-refractivity contribution is 5.92. The molecule has 1 saturated heterocycles. The number of anilines is 1. The molecule has 7 heteroatoms. The third-order valence-corrected chi connectivity index (χ3v) is 3.58. The van der Waals surface area contributed by atoms with Crippen LogP contribution in [0.2, 0.25) is 0 Å². The fraction of sp³-hybridized carbons (Fsp3) is 0.500. The minimum absolute atomic E-state index is 0.443. The van der Waals surface area contributed by atoms with Crippen LogP contribution in [0.25, 0.3) is 0 Å². The molecule has 1 aromatic rings. The molecule has 0 aromatic heterocycles. The van der Waals surface area contributed by atoms with Gasteiger partial charge in [-0.15, -0.1) is 0 Å². The Labute approximate surface area is 121 Å². The third kappa shape index (κ3) is 3.47. The van der Waals surface area contributed by atoms with E-state index in [9.17, 15) is 18.0 Å². The average molecular weight is 302 g/mol. The van der Waals surface area contributed by atoms with E-state index >= 15 is 0 Å². The largest absolute Gasteiger partial charge is 0.465 e. The summed E-state index contributed by atoms with van der Waals surface area (Å²) in [6.45, 7) is 3.08. The molecule has 1 aliphatic rings. The van der Waals surface area contributed by atoms with Gasteiger partial charge in [0.1, 0.15) is 0 Å². The number of alkyl halides is 3. The second-order valence-electron chi connectivity index (χ2n) is 5.01. The predicted molar refractivity (Wildman–Crippen MR) is 72.5 cm³/mol. The van der Waals surface area contributed by atoms with Gasteiger partial charge in [0, 0.05) is 31.9 Å². The summed E-state index contributed by atoms with van der Waals surface area (Å²) in [6, 6.07) is 3.61. The number of hydrogen-bond donors (Lipinski definition) is 0. The van der Waals surface area contributed by atoms with Gasteiger partial charge in [0.25, 0.3) is 0 Å². The maximum atomic E-state index is 12.9. The number of halogens is 3. The van der Waals surface area contributed by atoms with Crippen molar-refractivity contribution >= 4 is 11.7 Å². The number of methoxy groups -OCH3 is 1. The van der Waals surface area contributed by atoms with Crippen LogP contribution in [0.15, 0.2) is 18.2 Å². The van der Waals surface area contributed by atoms with Gasteiger partial charge in [0.2, 0.25) is 0 Å². The fourth-order valence-corrected chi connectivity index (χ4v) is 2.32. The van der Waals surface area contributed by atoms with Gasteiger partial charge in [-0.05, 0) is 25.2 Å². The highest BCUT2D eigenvalue weighted by Crippen LogP contribution is 2.34. The van der Waals surface area contributed by atoms with E-state index in [1.165, 1.54) is 12.1 Å². The third-order valence-electron chi connectivity index (χ3n) is 3.58. The summed E-state index contributed by atoms with van der Waals surface area (Å²) >= 11 is 0. The number of rotatable bonds is 2. The quantitative estimate of drug-likeness (QED) is 0.785. The molecule has 0 unspecified atom stereocenters. The van der Waals surface area contributed by atoms with Crippen LogP contribution in [0.4, 0.5) is 18.9 Å². The molecule has 1 aromatic carbocycles. The predicted octanol–water partition coefficient (Wildman–Crippen LogP) is 2.24. The van der Waals surface area contributed by atoms with Gasteiger partial charge in [-0.1, -0.05) is 0 Å².